The van der Waals surface area contributed by atoms with Crippen molar-refractivity contribution < 1.29 is 0 Å². The Morgan fingerprint density at radius 3 is 1.18 bits per heavy atom. The number of rotatable bonds is 9. The minimum absolute atomic E-state index is 0.180. The molecule has 6 rings (SSSR count). The Morgan fingerprint density at radius 1 is 0.420 bits per heavy atom. The van der Waals surface area contributed by atoms with Crippen LogP contribution < -0.4 is 9.80 Å². The molecule has 1 unspecified atom stereocenters. The minimum Gasteiger partial charge on any atom is -0.310 e. The van der Waals surface area contributed by atoms with Crippen LogP contribution in [0, 0.1) is 24.7 Å². The van der Waals surface area contributed by atoms with E-state index in [2.05, 4.69) is 217 Å². The van der Waals surface area contributed by atoms with Crippen LogP contribution >= 0.6 is 0 Å². The van der Waals surface area contributed by atoms with E-state index in [1.54, 1.807) is 0 Å². The zero-order chi connectivity index (χ0) is 35.5. The molecule has 0 aliphatic rings. The van der Waals surface area contributed by atoms with Crippen LogP contribution in [-0.4, -0.2) is 0 Å². The first-order valence-electron chi connectivity index (χ1n) is 17.9. The molecule has 0 fully saturated rings. The Labute approximate surface area is 301 Å². The van der Waals surface area contributed by atoms with E-state index in [1.165, 1.54) is 27.8 Å². The maximum atomic E-state index is 2.37. The van der Waals surface area contributed by atoms with Gasteiger partial charge in [0.05, 0.1) is 0 Å². The molecule has 0 aliphatic heterocycles. The fourth-order valence-corrected chi connectivity index (χ4v) is 7.00. The molecule has 0 bridgehead atoms. The SMILES string of the molecule is Cc1cccc(N(c2ccccc2)c2ccc(-c3ccc(N(c4ccc(C(CC(C)(C)C)C(C)(C)C)cc4)c4cccc(C)c4)cc3)cc2)c1. The highest BCUT2D eigenvalue weighted by Crippen LogP contribution is 2.44. The molecule has 1 atom stereocenters. The zero-order valence-electron chi connectivity index (χ0n) is 31.1. The summed E-state index contributed by atoms with van der Waals surface area (Å²) in [7, 11) is 0. The summed E-state index contributed by atoms with van der Waals surface area (Å²) in [5, 5.41) is 0. The summed E-state index contributed by atoms with van der Waals surface area (Å²) in [6.45, 7) is 18.5. The van der Waals surface area contributed by atoms with E-state index < -0.39 is 0 Å². The van der Waals surface area contributed by atoms with E-state index in [4.69, 9.17) is 0 Å². The van der Waals surface area contributed by atoms with Crippen LogP contribution in [0.25, 0.3) is 11.1 Å². The molecule has 50 heavy (non-hydrogen) atoms. The first-order valence-corrected chi connectivity index (χ1v) is 17.9. The van der Waals surface area contributed by atoms with Crippen LogP contribution in [-0.2, 0) is 0 Å². The molecule has 0 aromatic heterocycles. The van der Waals surface area contributed by atoms with Gasteiger partial charge < -0.3 is 9.80 Å². The van der Waals surface area contributed by atoms with E-state index in [0.29, 0.717) is 5.92 Å². The van der Waals surface area contributed by atoms with Crippen LogP contribution in [0.1, 0.15) is 70.6 Å². The van der Waals surface area contributed by atoms with Crippen molar-refractivity contribution in [1.29, 1.82) is 0 Å². The summed E-state index contributed by atoms with van der Waals surface area (Å²) in [4.78, 5) is 4.69. The Morgan fingerprint density at radius 2 is 0.800 bits per heavy atom. The van der Waals surface area contributed by atoms with Gasteiger partial charge in [0.25, 0.3) is 0 Å². The van der Waals surface area contributed by atoms with Crippen molar-refractivity contribution in [1.82, 2.24) is 0 Å². The van der Waals surface area contributed by atoms with Crippen LogP contribution in [0.15, 0.2) is 152 Å². The highest BCUT2D eigenvalue weighted by atomic mass is 15.1. The standard InChI is InChI=1S/C48H52N2/c1-35-14-12-18-44(32-35)49(40-16-10-9-11-17-40)41-26-20-37(21-27-41)38-22-28-42(29-23-38)50(45-19-13-15-36(2)33-45)43-30-24-39(25-31-43)46(48(6,7)8)34-47(3,4)5/h9-33,46H,34H2,1-8H3. The molecule has 0 saturated carbocycles. The largest absolute Gasteiger partial charge is 0.310 e. The van der Waals surface area contributed by atoms with E-state index in [0.717, 1.165) is 40.5 Å². The Balaban J connectivity index is 1.31. The van der Waals surface area contributed by atoms with Gasteiger partial charge in [-0.05, 0) is 138 Å². The van der Waals surface area contributed by atoms with Crippen LogP contribution in [0.3, 0.4) is 0 Å². The normalized spacial score (nSPS) is 12.4. The van der Waals surface area contributed by atoms with Gasteiger partial charge >= 0.3 is 0 Å². The summed E-state index contributed by atoms with van der Waals surface area (Å²) >= 11 is 0. The molecule has 0 radical (unpaired) electrons. The molecule has 0 heterocycles. The number of benzene rings is 6. The van der Waals surface area contributed by atoms with Crippen molar-refractivity contribution >= 4 is 34.1 Å². The third-order valence-electron chi connectivity index (χ3n) is 9.53. The first kappa shape index (κ1) is 34.8. The lowest BCUT2D eigenvalue weighted by Gasteiger charge is -2.36. The van der Waals surface area contributed by atoms with Crippen LogP contribution in [0.4, 0.5) is 34.1 Å². The molecule has 0 N–H and O–H groups in total. The van der Waals surface area contributed by atoms with Crippen LogP contribution in [0.5, 0.6) is 0 Å². The average Bonchev–Trinajstić information content (AvgIpc) is 3.08. The molecular formula is C48H52N2. The lowest BCUT2D eigenvalue weighted by molar-refractivity contribution is 0.229. The fraction of sp³-hybridized carbons (Fsp3) is 0.250. The topological polar surface area (TPSA) is 6.48 Å². The highest BCUT2D eigenvalue weighted by molar-refractivity contribution is 5.81. The second kappa shape index (κ2) is 14.4. The van der Waals surface area contributed by atoms with Gasteiger partial charge in [0.15, 0.2) is 0 Å². The number of aryl methyl sites for hydroxylation is 2. The predicted octanol–water partition coefficient (Wildman–Crippen LogP) is 14.5. The van der Waals surface area contributed by atoms with Gasteiger partial charge in [0, 0.05) is 34.1 Å². The van der Waals surface area contributed by atoms with Crippen molar-refractivity contribution in [3.8, 4) is 11.1 Å². The molecule has 0 amide bonds. The van der Waals surface area contributed by atoms with Gasteiger partial charge in [-0.3, -0.25) is 0 Å². The second-order valence-electron chi connectivity index (χ2n) is 16.1. The number of para-hydroxylation sites is 1. The molecule has 6 aromatic rings. The number of hydrogen-bond acceptors (Lipinski definition) is 2. The van der Waals surface area contributed by atoms with Crippen LogP contribution in [0.2, 0.25) is 0 Å². The summed E-state index contributed by atoms with van der Waals surface area (Å²) in [6.07, 6.45) is 1.15. The molecular weight excluding hydrogens is 605 g/mol. The first-order chi connectivity index (χ1) is 23.9. The Hall–Kier alpha value is -5.08. The summed E-state index contributed by atoms with van der Waals surface area (Å²) in [5.74, 6) is 0.478. The molecule has 254 valence electrons. The predicted molar refractivity (Wildman–Crippen MR) is 217 cm³/mol. The van der Waals surface area contributed by atoms with Gasteiger partial charge in [-0.25, -0.2) is 0 Å². The average molecular weight is 657 g/mol. The van der Waals surface area contributed by atoms with Crippen molar-refractivity contribution in [3.05, 3.63) is 168 Å². The van der Waals surface area contributed by atoms with Gasteiger partial charge in [0.1, 0.15) is 0 Å². The molecule has 2 heteroatoms. The lowest BCUT2D eigenvalue weighted by atomic mass is 9.69. The van der Waals surface area contributed by atoms with E-state index in [-0.39, 0.29) is 10.8 Å². The Bertz CT molecular complexity index is 1990. The fourth-order valence-electron chi connectivity index (χ4n) is 7.00. The second-order valence-corrected chi connectivity index (χ2v) is 16.1. The maximum Gasteiger partial charge on any atom is 0.0464 e. The molecule has 0 saturated heterocycles. The number of anilines is 6. The molecule has 0 aliphatic carbocycles. The third-order valence-corrected chi connectivity index (χ3v) is 9.53. The zero-order valence-corrected chi connectivity index (χ0v) is 31.1. The van der Waals surface area contributed by atoms with Gasteiger partial charge in [-0.1, -0.05) is 120 Å². The van der Waals surface area contributed by atoms with Crippen molar-refractivity contribution in [3.63, 3.8) is 0 Å². The summed E-state index contributed by atoms with van der Waals surface area (Å²) in [5.41, 5.74) is 13.6. The van der Waals surface area contributed by atoms with Gasteiger partial charge in [-0.15, -0.1) is 0 Å². The third kappa shape index (κ3) is 8.20. The van der Waals surface area contributed by atoms with E-state index in [9.17, 15) is 0 Å². The molecule has 0 spiro atoms. The lowest BCUT2D eigenvalue weighted by Crippen LogP contribution is -2.23. The molecule has 2 nitrogen and oxygen atoms in total. The maximum absolute atomic E-state index is 2.37. The smallest absolute Gasteiger partial charge is 0.0464 e. The minimum atomic E-state index is 0.180. The number of hydrogen-bond donors (Lipinski definition) is 0. The summed E-state index contributed by atoms with van der Waals surface area (Å²) in [6, 6.07) is 55.3. The van der Waals surface area contributed by atoms with E-state index in [1.807, 2.05) is 0 Å². The Kier molecular flexibility index (Phi) is 10.0. The van der Waals surface area contributed by atoms with Gasteiger partial charge in [0.2, 0.25) is 0 Å². The summed E-state index contributed by atoms with van der Waals surface area (Å²) < 4.78 is 0. The van der Waals surface area contributed by atoms with Crippen molar-refractivity contribution in [2.24, 2.45) is 10.8 Å². The quantitative estimate of drug-likeness (QED) is 0.153. The van der Waals surface area contributed by atoms with Crippen molar-refractivity contribution in [2.45, 2.75) is 67.7 Å². The molecule has 6 aromatic carbocycles. The monoisotopic (exact) mass is 656 g/mol. The highest BCUT2D eigenvalue weighted by Gasteiger charge is 2.30. The van der Waals surface area contributed by atoms with E-state index >= 15 is 0 Å². The van der Waals surface area contributed by atoms with Gasteiger partial charge in [-0.2, -0.15) is 0 Å². The number of nitrogens with zero attached hydrogens (tertiary/aromatic N) is 2. The van der Waals surface area contributed by atoms with Crippen molar-refractivity contribution in [2.75, 3.05) is 9.80 Å².